The maximum atomic E-state index is 12.6. The molecule has 0 unspecified atom stereocenters. The number of carbonyl (C=O) groups is 2. The molecular formula is C18H15N3O5S. The van der Waals surface area contributed by atoms with Crippen LogP contribution in [-0.2, 0) is 9.59 Å². The van der Waals surface area contributed by atoms with Crippen molar-refractivity contribution < 1.29 is 24.9 Å². The van der Waals surface area contributed by atoms with Crippen LogP contribution in [-0.4, -0.2) is 43.8 Å². The zero-order chi connectivity index (χ0) is 19.4. The Morgan fingerprint density at radius 2 is 1.85 bits per heavy atom. The second-order valence-corrected chi connectivity index (χ2v) is 6.75. The molecule has 27 heavy (non-hydrogen) atoms. The van der Waals surface area contributed by atoms with Crippen LogP contribution >= 0.6 is 11.8 Å². The standard InChI is InChI=1S/C18H15N3O5S/c22-13-7-5-12(6-8-13)21-17(26)15(9-16(24)25)27-18(21)20-19-10-11-3-1-2-4-14(11)23/h1-8,10,15,22-23H,9H2,(H,24,25)/b19-10-,20-18-/t15-/m1/s1. The number of phenolic OH excluding ortho intramolecular Hbond substituents is 2. The Morgan fingerprint density at radius 3 is 2.52 bits per heavy atom. The van der Waals surface area contributed by atoms with Gasteiger partial charge in [0, 0.05) is 5.56 Å². The van der Waals surface area contributed by atoms with Crippen LogP contribution in [0, 0.1) is 0 Å². The van der Waals surface area contributed by atoms with Gasteiger partial charge in [0.1, 0.15) is 16.7 Å². The van der Waals surface area contributed by atoms with E-state index in [4.69, 9.17) is 5.11 Å². The minimum atomic E-state index is -1.09. The lowest BCUT2D eigenvalue weighted by Crippen LogP contribution is -2.32. The zero-order valence-corrected chi connectivity index (χ0v) is 14.7. The molecule has 1 saturated heterocycles. The number of benzene rings is 2. The van der Waals surface area contributed by atoms with Crippen LogP contribution < -0.4 is 4.90 Å². The predicted octanol–water partition coefficient (Wildman–Crippen LogP) is 2.41. The normalized spacial score (nSPS) is 18.5. The lowest BCUT2D eigenvalue weighted by Gasteiger charge is -2.15. The first-order valence-electron chi connectivity index (χ1n) is 7.86. The first-order chi connectivity index (χ1) is 13.0. The van der Waals surface area contributed by atoms with Crippen molar-refractivity contribution in [2.75, 3.05) is 4.90 Å². The Labute approximate surface area is 158 Å². The number of hydrogen-bond acceptors (Lipinski definition) is 7. The summed E-state index contributed by atoms with van der Waals surface area (Å²) in [5.74, 6) is -1.44. The van der Waals surface area contributed by atoms with Crippen molar-refractivity contribution >= 4 is 40.7 Å². The van der Waals surface area contributed by atoms with E-state index in [1.54, 1.807) is 18.2 Å². The van der Waals surface area contributed by atoms with Crippen LogP contribution in [0.2, 0.25) is 0 Å². The fourth-order valence-electron chi connectivity index (χ4n) is 2.40. The minimum Gasteiger partial charge on any atom is -0.508 e. The maximum Gasteiger partial charge on any atom is 0.305 e. The monoisotopic (exact) mass is 385 g/mol. The molecule has 0 aromatic heterocycles. The number of aliphatic carboxylic acids is 1. The third-order valence-electron chi connectivity index (χ3n) is 3.68. The van der Waals surface area contributed by atoms with Gasteiger partial charge in [-0.25, -0.2) is 0 Å². The largest absolute Gasteiger partial charge is 0.508 e. The predicted molar refractivity (Wildman–Crippen MR) is 102 cm³/mol. The van der Waals surface area contributed by atoms with Crippen molar-refractivity contribution in [2.45, 2.75) is 11.7 Å². The highest BCUT2D eigenvalue weighted by molar-refractivity contribution is 8.16. The average molecular weight is 385 g/mol. The van der Waals surface area contributed by atoms with Crippen molar-refractivity contribution in [3.05, 3.63) is 54.1 Å². The van der Waals surface area contributed by atoms with Gasteiger partial charge in [-0.1, -0.05) is 23.9 Å². The molecule has 9 heteroatoms. The van der Waals surface area contributed by atoms with E-state index < -0.39 is 17.1 Å². The molecule has 138 valence electrons. The van der Waals surface area contributed by atoms with Crippen LogP contribution in [0.25, 0.3) is 0 Å². The minimum absolute atomic E-state index is 0.0377. The van der Waals surface area contributed by atoms with Gasteiger partial charge < -0.3 is 15.3 Å². The summed E-state index contributed by atoms with van der Waals surface area (Å²) in [4.78, 5) is 24.9. The number of carboxylic acids is 1. The third kappa shape index (κ3) is 4.26. The molecule has 3 rings (SSSR count). The average Bonchev–Trinajstić information content (AvgIpc) is 2.92. The molecule has 0 spiro atoms. The first-order valence-corrected chi connectivity index (χ1v) is 8.74. The summed E-state index contributed by atoms with van der Waals surface area (Å²) in [5.41, 5.74) is 0.893. The Hall–Kier alpha value is -3.33. The van der Waals surface area contributed by atoms with E-state index in [1.165, 1.54) is 41.4 Å². The summed E-state index contributed by atoms with van der Waals surface area (Å²) in [7, 11) is 0. The number of hydrogen-bond donors (Lipinski definition) is 3. The van der Waals surface area contributed by atoms with Gasteiger partial charge in [-0.2, -0.15) is 5.10 Å². The molecule has 1 fully saturated rings. The molecule has 3 N–H and O–H groups in total. The number of phenols is 2. The fourth-order valence-corrected chi connectivity index (χ4v) is 3.48. The number of amidine groups is 1. The number of para-hydroxylation sites is 1. The van der Waals surface area contributed by atoms with Crippen molar-refractivity contribution in [3.8, 4) is 11.5 Å². The van der Waals surface area contributed by atoms with Crippen LogP contribution in [0.1, 0.15) is 12.0 Å². The molecule has 0 bridgehead atoms. The lowest BCUT2D eigenvalue weighted by atomic mass is 10.2. The van der Waals surface area contributed by atoms with Gasteiger partial charge in [-0.15, -0.1) is 5.10 Å². The van der Waals surface area contributed by atoms with Gasteiger partial charge in [-0.05, 0) is 36.4 Å². The van der Waals surface area contributed by atoms with Crippen molar-refractivity contribution in [2.24, 2.45) is 10.2 Å². The summed E-state index contributed by atoms with van der Waals surface area (Å²) < 4.78 is 0. The SMILES string of the molecule is O=C(O)C[C@H]1S/C(=N\N=C/c2ccccc2O)N(c2ccc(O)cc2)C1=O. The molecule has 1 aliphatic heterocycles. The molecule has 1 heterocycles. The summed E-state index contributed by atoms with van der Waals surface area (Å²) >= 11 is 1.00. The fraction of sp³-hybridized carbons (Fsp3) is 0.111. The number of thioether (sulfide) groups is 1. The molecule has 2 aromatic rings. The zero-order valence-electron chi connectivity index (χ0n) is 13.9. The molecule has 0 aliphatic carbocycles. The highest BCUT2D eigenvalue weighted by Crippen LogP contribution is 2.34. The van der Waals surface area contributed by atoms with Gasteiger partial charge in [0.05, 0.1) is 18.3 Å². The van der Waals surface area contributed by atoms with Gasteiger partial charge in [0.15, 0.2) is 5.17 Å². The van der Waals surface area contributed by atoms with E-state index in [0.717, 1.165) is 11.8 Å². The second kappa shape index (κ2) is 7.92. The first kappa shape index (κ1) is 18.5. The van der Waals surface area contributed by atoms with Crippen molar-refractivity contribution in [1.82, 2.24) is 0 Å². The van der Waals surface area contributed by atoms with E-state index in [1.807, 2.05) is 0 Å². The highest BCUT2D eigenvalue weighted by Gasteiger charge is 2.40. The number of anilines is 1. The van der Waals surface area contributed by atoms with Crippen LogP contribution in [0.15, 0.2) is 58.7 Å². The van der Waals surface area contributed by atoms with Crippen LogP contribution in [0.4, 0.5) is 5.69 Å². The van der Waals surface area contributed by atoms with Crippen molar-refractivity contribution in [1.29, 1.82) is 0 Å². The van der Waals surface area contributed by atoms with Gasteiger partial charge >= 0.3 is 5.97 Å². The summed E-state index contributed by atoms with van der Waals surface area (Å²) in [6, 6.07) is 12.4. The second-order valence-electron chi connectivity index (χ2n) is 5.58. The van der Waals surface area contributed by atoms with E-state index in [9.17, 15) is 19.8 Å². The van der Waals surface area contributed by atoms with E-state index >= 15 is 0 Å². The summed E-state index contributed by atoms with van der Waals surface area (Å²) in [5, 5.41) is 35.5. The Bertz CT molecular complexity index is 927. The number of carboxylic acid groups (broad SMARTS) is 1. The Kier molecular flexibility index (Phi) is 5.41. The van der Waals surface area contributed by atoms with E-state index in [0.29, 0.717) is 11.3 Å². The topological polar surface area (TPSA) is 123 Å². The van der Waals surface area contributed by atoms with E-state index in [-0.39, 0.29) is 23.1 Å². The van der Waals surface area contributed by atoms with Crippen LogP contribution in [0.5, 0.6) is 11.5 Å². The molecule has 1 amide bonds. The number of nitrogens with zero attached hydrogens (tertiary/aromatic N) is 3. The smallest absolute Gasteiger partial charge is 0.305 e. The number of aromatic hydroxyl groups is 2. The maximum absolute atomic E-state index is 12.6. The molecule has 0 saturated carbocycles. The Morgan fingerprint density at radius 1 is 1.15 bits per heavy atom. The molecular weight excluding hydrogens is 370 g/mol. The quantitative estimate of drug-likeness (QED) is 0.536. The molecule has 0 radical (unpaired) electrons. The molecule has 1 aliphatic rings. The number of carbonyl (C=O) groups excluding carboxylic acids is 1. The third-order valence-corrected chi connectivity index (χ3v) is 4.81. The lowest BCUT2D eigenvalue weighted by molar-refractivity contribution is -0.138. The molecule has 8 nitrogen and oxygen atoms in total. The Balaban J connectivity index is 1.91. The molecule has 2 aromatic carbocycles. The van der Waals surface area contributed by atoms with Crippen molar-refractivity contribution in [3.63, 3.8) is 0 Å². The molecule has 1 atom stereocenters. The highest BCUT2D eigenvalue weighted by atomic mass is 32.2. The summed E-state index contributed by atoms with van der Waals surface area (Å²) in [6.45, 7) is 0. The van der Waals surface area contributed by atoms with Crippen LogP contribution in [0.3, 0.4) is 0 Å². The van der Waals surface area contributed by atoms with Gasteiger partial charge in [0.25, 0.3) is 0 Å². The number of amides is 1. The van der Waals surface area contributed by atoms with Gasteiger partial charge in [-0.3, -0.25) is 14.5 Å². The number of rotatable bonds is 5. The van der Waals surface area contributed by atoms with Gasteiger partial charge in [0.2, 0.25) is 5.91 Å². The van der Waals surface area contributed by atoms with E-state index in [2.05, 4.69) is 10.2 Å². The summed E-state index contributed by atoms with van der Waals surface area (Å²) in [6.07, 6.45) is 0.993.